The van der Waals surface area contributed by atoms with Crippen molar-refractivity contribution >= 4 is 5.91 Å². The molecule has 6 nitrogen and oxygen atoms in total. The molecule has 24 heavy (non-hydrogen) atoms. The molecule has 6 heteroatoms. The second-order valence-electron chi connectivity index (χ2n) is 6.41. The Morgan fingerprint density at radius 3 is 3.25 bits per heavy atom. The zero-order valence-corrected chi connectivity index (χ0v) is 14.3. The van der Waals surface area contributed by atoms with E-state index in [9.17, 15) is 4.79 Å². The third-order valence-corrected chi connectivity index (χ3v) is 4.47. The summed E-state index contributed by atoms with van der Waals surface area (Å²) in [6.07, 6.45) is 8.88. The van der Waals surface area contributed by atoms with Crippen molar-refractivity contribution < 1.29 is 9.21 Å². The highest BCUT2D eigenvalue weighted by molar-refractivity contribution is 5.91. The largest absolute Gasteiger partial charge is 0.459 e. The van der Waals surface area contributed by atoms with E-state index in [0.717, 1.165) is 56.8 Å². The van der Waals surface area contributed by atoms with E-state index in [1.807, 2.05) is 11.1 Å². The zero-order valence-electron chi connectivity index (χ0n) is 14.3. The summed E-state index contributed by atoms with van der Waals surface area (Å²) in [7, 11) is 0. The number of furan rings is 1. The number of nitrogens with one attached hydrogen (secondary N) is 2. The molecule has 1 atom stereocenters. The van der Waals surface area contributed by atoms with Gasteiger partial charge in [0.05, 0.1) is 6.26 Å². The van der Waals surface area contributed by atoms with Gasteiger partial charge in [-0.05, 0) is 31.4 Å². The number of nitrogens with zero attached hydrogens (tertiary/aromatic N) is 2. The molecule has 3 rings (SSSR count). The fourth-order valence-electron chi connectivity index (χ4n) is 3.11. The van der Waals surface area contributed by atoms with Crippen LogP contribution in [-0.2, 0) is 13.0 Å². The van der Waals surface area contributed by atoms with Crippen LogP contribution in [0.15, 0.2) is 29.0 Å². The summed E-state index contributed by atoms with van der Waals surface area (Å²) >= 11 is 0. The summed E-state index contributed by atoms with van der Waals surface area (Å²) in [5.41, 5.74) is 1.11. The van der Waals surface area contributed by atoms with Crippen molar-refractivity contribution in [3.05, 3.63) is 41.9 Å². The van der Waals surface area contributed by atoms with Crippen LogP contribution >= 0.6 is 0 Å². The van der Waals surface area contributed by atoms with Crippen LogP contribution in [0.2, 0.25) is 0 Å². The monoisotopic (exact) mass is 330 g/mol. The Morgan fingerprint density at radius 2 is 2.46 bits per heavy atom. The van der Waals surface area contributed by atoms with Gasteiger partial charge in [0, 0.05) is 44.0 Å². The molecule has 2 N–H and O–H groups in total. The van der Waals surface area contributed by atoms with Gasteiger partial charge < -0.3 is 19.6 Å². The highest BCUT2D eigenvalue weighted by atomic mass is 16.3. The van der Waals surface area contributed by atoms with Crippen molar-refractivity contribution in [3.8, 4) is 0 Å². The van der Waals surface area contributed by atoms with Gasteiger partial charge in [-0.15, -0.1) is 0 Å². The molecule has 3 heterocycles. The third-order valence-electron chi connectivity index (χ3n) is 4.47. The molecule has 1 aliphatic heterocycles. The smallest absolute Gasteiger partial charge is 0.289 e. The van der Waals surface area contributed by atoms with Crippen LogP contribution in [0, 0.1) is 0 Å². The molecule has 0 aliphatic carbocycles. The van der Waals surface area contributed by atoms with Crippen LogP contribution in [0.4, 0.5) is 0 Å². The lowest BCUT2D eigenvalue weighted by Gasteiger charge is -2.32. The number of hydrogen-bond donors (Lipinski definition) is 2. The van der Waals surface area contributed by atoms with Crippen LogP contribution in [0.3, 0.4) is 0 Å². The van der Waals surface area contributed by atoms with Gasteiger partial charge in [0.1, 0.15) is 5.82 Å². The summed E-state index contributed by atoms with van der Waals surface area (Å²) in [6, 6.07) is 3.78. The number of aryl methyl sites for hydroxylation is 1. The Morgan fingerprint density at radius 1 is 1.54 bits per heavy atom. The summed E-state index contributed by atoms with van der Waals surface area (Å²) in [4.78, 5) is 22.0. The lowest BCUT2D eigenvalue weighted by molar-refractivity contribution is 0.0662. The highest BCUT2D eigenvalue weighted by Gasteiger charge is 2.25. The van der Waals surface area contributed by atoms with Crippen molar-refractivity contribution in [3.63, 3.8) is 0 Å². The Labute approximate surface area is 142 Å². The number of aromatic amines is 1. The molecule has 1 fully saturated rings. The standard InChI is InChI=1S/C18H26N4O2/c1-2-3-8-17-20-12-15(21-17)11-19-14-6-4-9-22(13-14)18(23)16-7-5-10-24-16/h5,7,10,12,14,19H,2-4,6,8-9,11,13H2,1H3,(H,20,21). The molecule has 0 aromatic carbocycles. The predicted octanol–water partition coefficient (Wildman–Crippen LogP) is 2.74. The fraction of sp³-hybridized carbons (Fsp3) is 0.556. The minimum absolute atomic E-state index is 0.0186. The first-order valence-electron chi connectivity index (χ1n) is 8.85. The molecule has 0 radical (unpaired) electrons. The van der Waals surface area contributed by atoms with Crippen molar-refractivity contribution in [1.82, 2.24) is 20.2 Å². The van der Waals surface area contributed by atoms with Gasteiger partial charge in [-0.25, -0.2) is 4.98 Å². The topological polar surface area (TPSA) is 74.2 Å². The Bertz CT molecular complexity index is 635. The van der Waals surface area contributed by atoms with Crippen LogP contribution < -0.4 is 5.32 Å². The minimum atomic E-state index is -0.0186. The summed E-state index contributed by atoms with van der Waals surface area (Å²) in [5.74, 6) is 1.46. The van der Waals surface area contributed by atoms with E-state index in [-0.39, 0.29) is 5.91 Å². The number of likely N-dealkylation sites (tertiary alicyclic amines) is 1. The molecule has 0 saturated carbocycles. The van der Waals surface area contributed by atoms with E-state index < -0.39 is 0 Å². The predicted molar refractivity (Wildman–Crippen MR) is 91.7 cm³/mol. The van der Waals surface area contributed by atoms with Crippen LogP contribution in [0.1, 0.15) is 54.7 Å². The van der Waals surface area contributed by atoms with Gasteiger partial charge in [0.2, 0.25) is 0 Å². The number of unbranched alkanes of at least 4 members (excludes halogenated alkanes) is 1. The molecular weight excluding hydrogens is 304 g/mol. The average molecular weight is 330 g/mol. The SMILES string of the molecule is CCCCc1ncc(CNC2CCCN(C(=O)c3ccco3)C2)[nH]1. The molecular formula is C18H26N4O2. The molecule has 2 aromatic rings. The number of imidazole rings is 1. The average Bonchev–Trinajstić information content (AvgIpc) is 3.29. The van der Waals surface area contributed by atoms with Gasteiger partial charge in [0.25, 0.3) is 5.91 Å². The number of amides is 1. The highest BCUT2D eigenvalue weighted by Crippen LogP contribution is 2.15. The fourth-order valence-corrected chi connectivity index (χ4v) is 3.11. The van der Waals surface area contributed by atoms with Gasteiger partial charge >= 0.3 is 0 Å². The van der Waals surface area contributed by atoms with E-state index >= 15 is 0 Å². The number of hydrogen-bond acceptors (Lipinski definition) is 4. The quantitative estimate of drug-likeness (QED) is 0.818. The number of rotatable bonds is 7. The molecule has 1 amide bonds. The normalized spacial score (nSPS) is 18.0. The number of piperidine rings is 1. The molecule has 2 aromatic heterocycles. The Kier molecular flexibility index (Phi) is 5.69. The van der Waals surface area contributed by atoms with Crippen LogP contribution in [0.25, 0.3) is 0 Å². The van der Waals surface area contributed by atoms with E-state index in [4.69, 9.17) is 4.42 Å². The number of carbonyl (C=O) groups excluding carboxylic acids is 1. The van der Waals surface area contributed by atoms with Gasteiger partial charge in [-0.2, -0.15) is 0 Å². The van der Waals surface area contributed by atoms with Crippen LogP contribution in [0.5, 0.6) is 0 Å². The third kappa shape index (κ3) is 4.26. The number of H-pyrrole nitrogens is 1. The Balaban J connectivity index is 1.48. The summed E-state index contributed by atoms with van der Waals surface area (Å²) in [5, 5.41) is 3.54. The maximum absolute atomic E-state index is 12.4. The van der Waals surface area contributed by atoms with E-state index in [1.165, 1.54) is 6.42 Å². The van der Waals surface area contributed by atoms with E-state index in [2.05, 4.69) is 22.2 Å². The van der Waals surface area contributed by atoms with Crippen LogP contribution in [-0.4, -0.2) is 39.9 Å². The maximum Gasteiger partial charge on any atom is 0.289 e. The van der Waals surface area contributed by atoms with Crippen molar-refractivity contribution in [2.45, 2.75) is 51.6 Å². The summed E-state index contributed by atoms with van der Waals surface area (Å²) < 4.78 is 5.22. The molecule has 1 aliphatic rings. The lowest BCUT2D eigenvalue weighted by atomic mass is 10.1. The second kappa shape index (κ2) is 8.15. The molecule has 0 bridgehead atoms. The molecule has 1 unspecified atom stereocenters. The van der Waals surface area contributed by atoms with E-state index in [1.54, 1.807) is 18.4 Å². The first-order chi connectivity index (χ1) is 11.8. The number of carbonyl (C=O) groups is 1. The first kappa shape index (κ1) is 16.8. The van der Waals surface area contributed by atoms with Crippen molar-refractivity contribution in [2.24, 2.45) is 0 Å². The van der Waals surface area contributed by atoms with Gasteiger partial charge in [-0.3, -0.25) is 4.79 Å². The van der Waals surface area contributed by atoms with Crippen molar-refractivity contribution in [1.29, 1.82) is 0 Å². The Hall–Kier alpha value is -2.08. The van der Waals surface area contributed by atoms with Gasteiger partial charge in [-0.1, -0.05) is 13.3 Å². The second-order valence-corrected chi connectivity index (χ2v) is 6.41. The molecule has 130 valence electrons. The van der Waals surface area contributed by atoms with Crippen molar-refractivity contribution in [2.75, 3.05) is 13.1 Å². The maximum atomic E-state index is 12.4. The van der Waals surface area contributed by atoms with E-state index in [0.29, 0.717) is 11.8 Å². The zero-order chi connectivity index (χ0) is 16.8. The number of aromatic nitrogens is 2. The van der Waals surface area contributed by atoms with Gasteiger partial charge in [0.15, 0.2) is 5.76 Å². The molecule has 0 spiro atoms. The minimum Gasteiger partial charge on any atom is -0.459 e. The molecule has 1 saturated heterocycles. The lowest BCUT2D eigenvalue weighted by Crippen LogP contribution is -2.47. The first-order valence-corrected chi connectivity index (χ1v) is 8.85. The summed E-state index contributed by atoms with van der Waals surface area (Å²) in [6.45, 7) is 4.45.